The third-order valence-corrected chi connectivity index (χ3v) is 4.75. The van der Waals surface area contributed by atoms with Crippen molar-refractivity contribution in [2.75, 3.05) is 7.11 Å². The summed E-state index contributed by atoms with van der Waals surface area (Å²) in [5.41, 5.74) is 3.34. The van der Waals surface area contributed by atoms with Gasteiger partial charge in [-0.1, -0.05) is 48.9 Å². The van der Waals surface area contributed by atoms with Gasteiger partial charge in [-0.2, -0.15) is 0 Å². The molecule has 0 bridgehead atoms. The molecule has 0 amide bonds. The van der Waals surface area contributed by atoms with Crippen LogP contribution in [0.4, 0.5) is 0 Å². The standard InChI is InChI=1S/C19H22O/c1-20-18-10-8-17(9-11-18)19(13-5-14-19)15-12-16-6-3-2-4-7-16/h2-4,6-11H,5,12-15H2,1H3. The van der Waals surface area contributed by atoms with Gasteiger partial charge in [-0.25, -0.2) is 0 Å². The molecule has 1 nitrogen and oxygen atoms in total. The van der Waals surface area contributed by atoms with Crippen molar-refractivity contribution in [1.82, 2.24) is 0 Å². The fourth-order valence-corrected chi connectivity index (χ4v) is 3.26. The maximum absolute atomic E-state index is 5.26. The second kappa shape index (κ2) is 5.70. The number of methoxy groups -OCH3 is 1. The highest BCUT2D eigenvalue weighted by atomic mass is 16.5. The molecule has 1 aliphatic carbocycles. The fraction of sp³-hybridized carbons (Fsp3) is 0.368. The number of aryl methyl sites for hydroxylation is 1. The zero-order chi connectivity index (χ0) is 13.8. The van der Waals surface area contributed by atoms with Crippen LogP contribution in [0.25, 0.3) is 0 Å². The van der Waals surface area contributed by atoms with Crippen LogP contribution >= 0.6 is 0 Å². The monoisotopic (exact) mass is 266 g/mol. The molecular formula is C19H22O. The number of ether oxygens (including phenoxy) is 1. The highest BCUT2D eigenvalue weighted by Crippen LogP contribution is 2.47. The van der Waals surface area contributed by atoms with E-state index in [9.17, 15) is 0 Å². The van der Waals surface area contributed by atoms with Crippen molar-refractivity contribution >= 4 is 0 Å². The zero-order valence-corrected chi connectivity index (χ0v) is 12.1. The van der Waals surface area contributed by atoms with Gasteiger partial charge < -0.3 is 4.74 Å². The SMILES string of the molecule is COc1ccc(C2(CCc3ccccc3)CCC2)cc1. The lowest BCUT2D eigenvalue weighted by atomic mass is 9.62. The number of rotatable bonds is 5. The molecule has 0 atom stereocenters. The molecule has 1 saturated carbocycles. The Bertz CT molecular complexity index is 538. The molecule has 0 saturated heterocycles. The Labute approximate surface area is 121 Å². The van der Waals surface area contributed by atoms with E-state index in [1.54, 1.807) is 7.11 Å². The van der Waals surface area contributed by atoms with Crippen LogP contribution in [0, 0.1) is 0 Å². The average molecular weight is 266 g/mol. The lowest BCUT2D eigenvalue weighted by Crippen LogP contribution is -2.34. The highest BCUT2D eigenvalue weighted by Gasteiger charge is 2.37. The van der Waals surface area contributed by atoms with E-state index in [0.29, 0.717) is 5.41 Å². The molecule has 0 aliphatic heterocycles. The number of hydrogen-bond acceptors (Lipinski definition) is 1. The van der Waals surface area contributed by atoms with Gasteiger partial charge >= 0.3 is 0 Å². The van der Waals surface area contributed by atoms with E-state index in [0.717, 1.165) is 5.75 Å². The first-order valence-electron chi connectivity index (χ1n) is 7.51. The smallest absolute Gasteiger partial charge is 0.118 e. The minimum atomic E-state index is 0.405. The topological polar surface area (TPSA) is 9.23 Å². The number of hydrogen-bond donors (Lipinski definition) is 0. The van der Waals surface area contributed by atoms with E-state index in [-0.39, 0.29) is 0 Å². The Morgan fingerprint density at radius 3 is 2.20 bits per heavy atom. The lowest BCUT2D eigenvalue weighted by molar-refractivity contribution is 0.225. The molecule has 0 radical (unpaired) electrons. The quantitative estimate of drug-likeness (QED) is 0.759. The molecule has 1 fully saturated rings. The van der Waals surface area contributed by atoms with Crippen molar-refractivity contribution in [2.45, 2.75) is 37.5 Å². The number of benzene rings is 2. The first-order valence-corrected chi connectivity index (χ1v) is 7.51. The van der Waals surface area contributed by atoms with E-state index in [2.05, 4.69) is 54.6 Å². The first-order chi connectivity index (χ1) is 9.82. The lowest BCUT2D eigenvalue weighted by Gasteiger charge is -2.43. The molecule has 0 aromatic heterocycles. The van der Waals surface area contributed by atoms with Gasteiger partial charge in [0.1, 0.15) is 5.75 Å². The van der Waals surface area contributed by atoms with Gasteiger partial charge in [-0.05, 0) is 54.4 Å². The molecule has 3 rings (SSSR count). The summed E-state index contributed by atoms with van der Waals surface area (Å²) in [7, 11) is 1.73. The van der Waals surface area contributed by atoms with Crippen molar-refractivity contribution in [3.05, 3.63) is 65.7 Å². The summed E-state index contributed by atoms with van der Waals surface area (Å²) in [6.07, 6.45) is 6.44. The first kappa shape index (κ1) is 13.2. The van der Waals surface area contributed by atoms with Gasteiger partial charge in [-0.15, -0.1) is 0 Å². The second-order valence-electron chi connectivity index (χ2n) is 5.85. The molecule has 20 heavy (non-hydrogen) atoms. The minimum Gasteiger partial charge on any atom is -0.497 e. The average Bonchev–Trinajstić information content (AvgIpc) is 2.48. The van der Waals surface area contributed by atoms with Crippen LogP contribution in [0.15, 0.2) is 54.6 Å². The summed E-state index contributed by atoms with van der Waals surface area (Å²) >= 11 is 0. The predicted octanol–water partition coefficient (Wildman–Crippen LogP) is 4.75. The van der Waals surface area contributed by atoms with Gasteiger partial charge in [0.15, 0.2) is 0 Å². The third kappa shape index (κ3) is 2.58. The minimum absolute atomic E-state index is 0.405. The molecule has 0 N–H and O–H groups in total. The zero-order valence-electron chi connectivity index (χ0n) is 12.1. The van der Waals surface area contributed by atoms with Crippen LogP contribution in [0.2, 0.25) is 0 Å². The van der Waals surface area contributed by atoms with Crippen LogP contribution in [0.3, 0.4) is 0 Å². The van der Waals surface area contributed by atoms with Gasteiger partial charge in [-0.3, -0.25) is 0 Å². The maximum Gasteiger partial charge on any atom is 0.118 e. The van der Waals surface area contributed by atoms with Gasteiger partial charge in [0.25, 0.3) is 0 Å². The Hall–Kier alpha value is -1.76. The molecule has 104 valence electrons. The van der Waals surface area contributed by atoms with E-state index < -0.39 is 0 Å². The van der Waals surface area contributed by atoms with E-state index >= 15 is 0 Å². The summed E-state index contributed by atoms with van der Waals surface area (Å²) in [5, 5.41) is 0. The van der Waals surface area contributed by atoms with Gasteiger partial charge in [0.2, 0.25) is 0 Å². The molecule has 1 aliphatic rings. The molecule has 1 heteroatoms. The van der Waals surface area contributed by atoms with Crippen LogP contribution in [-0.2, 0) is 11.8 Å². The molecule has 2 aromatic carbocycles. The third-order valence-electron chi connectivity index (χ3n) is 4.75. The fourth-order valence-electron chi connectivity index (χ4n) is 3.26. The van der Waals surface area contributed by atoms with Crippen LogP contribution in [0.5, 0.6) is 5.75 Å². The van der Waals surface area contributed by atoms with E-state index in [4.69, 9.17) is 4.74 Å². The van der Waals surface area contributed by atoms with Crippen LogP contribution < -0.4 is 4.74 Å². The summed E-state index contributed by atoms with van der Waals surface area (Å²) in [6, 6.07) is 19.5. The van der Waals surface area contributed by atoms with Crippen LogP contribution in [-0.4, -0.2) is 7.11 Å². The Morgan fingerprint density at radius 2 is 1.65 bits per heavy atom. The van der Waals surface area contributed by atoms with E-state index in [1.165, 1.54) is 43.2 Å². The largest absolute Gasteiger partial charge is 0.497 e. The van der Waals surface area contributed by atoms with Gasteiger partial charge in [0, 0.05) is 0 Å². The summed E-state index contributed by atoms with van der Waals surface area (Å²) < 4.78 is 5.26. The van der Waals surface area contributed by atoms with Crippen molar-refractivity contribution in [2.24, 2.45) is 0 Å². The molecule has 0 heterocycles. The molecule has 2 aromatic rings. The Balaban J connectivity index is 1.73. The normalized spacial score (nSPS) is 16.4. The van der Waals surface area contributed by atoms with Crippen molar-refractivity contribution in [3.8, 4) is 5.75 Å². The van der Waals surface area contributed by atoms with E-state index in [1.807, 2.05) is 0 Å². The Kier molecular flexibility index (Phi) is 3.77. The second-order valence-corrected chi connectivity index (χ2v) is 5.85. The van der Waals surface area contributed by atoms with Crippen molar-refractivity contribution in [1.29, 1.82) is 0 Å². The predicted molar refractivity (Wildman–Crippen MR) is 83.3 cm³/mol. The molecule has 0 unspecified atom stereocenters. The van der Waals surface area contributed by atoms with Crippen molar-refractivity contribution < 1.29 is 4.74 Å². The Morgan fingerprint density at radius 1 is 0.950 bits per heavy atom. The summed E-state index contributed by atoms with van der Waals surface area (Å²) in [6.45, 7) is 0. The van der Waals surface area contributed by atoms with Gasteiger partial charge in [0.05, 0.1) is 7.11 Å². The summed E-state index contributed by atoms with van der Waals surface area (Å²) in [5.74, 6) is 0.950. The van der Waals surface area contributed by atoms with Crippen LogP contribution in [0.1, 0.15) is 36.8 Å². The highest BCUT2D eigenvalue weighted by molar-refractivity contribution is 5.34. The van der Waals surface area contributed by atoms with Crippen molar-refractivity contribution in [3.63, 3.8) is 0 Å². The summed E-state index contributed by atoms with van der Waals surface area (Å²) in [4.78, 5) is 0. The maximum atomic E-state index is 5.26. The molecule has 0 spiro atoms. The molecular weight excluding hydrogens is 244 g/mol.